The minimum atomic E-state index is -6.22. The van der Waals surface area contributed by atoms with Gasteiger partial charge in [-0.15, -0.1) is 0 Å². The van der Waals surface area contributed by atoms with Gasteiger partial charge in [-0.25, -0.2) is 17.2 Å². The van der Waals surface area contributed by atoms with Crippen molar-refractivity contribution in [2.24, 2.45) is 0 Å². The van der Waals surface area contributed by atoms with Crippen molar-refractivity contribution < 1.29 is 48.3 Å². The minimum absolute atomic E-state index is 0.0494. The van der Waals surface area contributed by atoms with Crippen molar-refractivity contribution in [1.82, 2.24) is 10.3 Å². The number of rotatable bonds is 11. The molecule has 0 aliphatic heterocycles. The molecule has 3 rings (SSSR count). The average Bonchev–Trinajstić information content (AvgIpc) is 2.91. The number of pyridine rings is 1. The van der Waals surface area contributed by atoms with Crippen molar-refractivity contribution in [2.45, 2.75) is 54.6 Å². The quantitative estimate of drug-likeness (QED) is 0.199. The van der Waals surface area contributed by atoms with Gasteiger partial charge >= 0.3 is 18.0 Å². The summed E-state index contributed by atoms with van der Waals surface area (Å²) in [6, 6.07) is 9.27. The maximum Gasteiger partial charge on any atom is 0.435 e. The zero-order valence-electron chi connectivity index (χ0n) is 21.1. The number of nitrogens with one attached hydrogen (secondary N) is 1. The number of alkyl halides is 7. The Morgan fingerprint density at radius 1 is 0.854 bits per heavy atom. The van der Waals surface area contributed by atoms with Crippen LogP contribution in [0.1, 0.15) is 40.7 Å². The van der Waals surface area contributed by atoms with E-state index in [4.69, 9.17) is 0 Å². The first-order valence-corrected chi connectivity index (χ1v) is 13.8. The van der Waals surface area contributed by atoms with Crippen LogP contribution in [0.15, 0.2) is 78.0 Å². The summed E-state index contributed by atoms with van der Waals surface area (Å²) in [6.07, 6.45) is -9.19. The summed E-state index contributed by atoms with van der Waals surface area (Å²) in [7, 11) is -3.84. The van der Waals surface area contributed by atoms with E-state index in [9.17, 15) is 48.3 Å². The van der Waals surface area contributed by atoms with Gasteiger partial charge in [-0.3, -0.25) is 9.78 Å². The second-order valence-corrected chi connectivity index (χ2v) is 11.3. The summed E-state index contributed by atoms with van der Waals surface area (Å²) in [5.74, 6) is -1.56. The van der Waals surface area contributed by atoms with Gasteiger partial charge in [-0.1, -0.05) is 24.3 Å². The molecule has 222 valence electrons. The SMILES string of the molecule is O=C(NC(CCCc1ccc(C(F)(C(F)(F)F)C(F)(F)F)cc1)CCS(=O)(=O)c1ccc(F)cc1)c1cccnc1. The fraction of sp³-hybridized carbons (Fsp3) is 0.333. The second-order valence-electron chi connectivity index (χ2n) is 9.22. The molecule has 1 aromatic heterocycles. The molecule has 0 saturated heterocycles. The average molecular weight is 609 g/mol. The van der Waals surface area contributed by atoms with Crippen molar-refractivity contribution in [3.05, 3.63) is 95.6 Å². The van der Waals surface area contributed by atoms with E-state index in [-0.39, 0.29) is 36.1 Å². The summed E-state index contributed by atoms with van der Waals surface area (Å²) >= 11 is 0. The highest BCUT2D eigenvalue weighted by molar-refractivity contribution is 7.91. The standard InChI is InChI=1S/C27H24F8N2O3S/c28-21-10-12-23(13-11-21)41(39,40)16-14-22(37-24(38)19-4-2-15-36-17-19)5-1-3-18-6-8-20(9-7-18)25(29,26(30,31)32)27(33,34)35/h2,4,6-13,15,17,22H,1,3,5,14,16H2,(H,37,38). The summed E-state index contributed by atoms with van der Waals surface area (Å²) in [4.78, 5) is 16.4. The van der Waals surface area contributed by atoms with Crippen LogP contribution in [0.3, 0.4) is 0 Å². The van der Waals surface area contributed by atoms with Gasteiger partial charge in [0.2, 0.25) is 0 Å². The molecule has 5 nitrogen and oxygen atoms in total. The van der Waals surface area contributed by atoms with Gasteiger partial charge in [-0.05, 0) is 67.6 Å². The van der Waals surface area contributed by atoms with Crippen molar-refractivity contribution in [3.8, 4) is 0 Å². The Balaban J connectivity index is 1.70. The minimum Gasteiger partial charge on any atom is -0.349 e. The fourth-order valence-electron chi connectivity index (χ4n) is 4.05. The first-order valence-electron chi connectivity index (χ1n) is 12.2. The normalized spacial score (nSPS) is 13.6. The van der Waals surface area contributed by atoms with E-state index in [1.54, 1.807) is 0 Å². The molecule has 0 aliphatic carbocycles. The monoisotopic (exact) mass is 608 g/mol. The van der Waals surface area contributed by atoms with E-state index < -0.39 is 56.9 Å². The third kappa shape index (κ3) is 7.80. The van der Waals surface area contributed by atoms with Crippen LogP contribution in [0.5, 0.6) is 0 Å². The number of aromatic nitrogens is 1. The van der Waals surface area contributed by atoms with Gasteiger partial charge < -0.3 is 5.32 Å². The van der Waals surface area contributed by atoms with E-state index in [0.717, 1.165) is 36.4 Å². The first-order chi connectivity index (χ1) is 19.0. The number of carbonyl (C=O) groups is 1. The summed E-state index contributed by atoms with van der Waals surface area (Å²) < 4.78 is 131. The molecule has 0 fully saturated rings. The predicted molar refractivity (Wildman–Crippen MR) is 133 cm³/mol. The van der Waals surface area contributed by atoms with Crippen molar-refractivity contribution in [2.75, 3.05) is 5.75 Å². The Labute approximate surface area is 230 Å². The summed E-state index contributed by atoms with van der Waals surface area (Å²) in [6.45, 7) is 0. The molecule has 0 saturated carbocycles. The molecule has 0 bridgehead atoms. The van der Waals surface area contributed by atoms with Gasteiger partial charge in [-0.2, -0.15) is 26.3 Å². The largest absolute Gasteiger partial charge is 0.435 e. The number of sulfone groups is 1. The summed E-state index contributed by atoms with van der Waals surface area (Å²) in [5.41, 5.74) is -6.62. The van der Waals surface area contributed by atoms with Crippen LogP contribution in [0, 0.1) is 5.82 Å². The van der Waals surface area contributed by atoms with E-state index in [1.165, 1.54) is 24.5 Å². The van der Waals surface area contributed by atoms with Gasteiger partial charge in [0.15, 0.2) is 9.84 Å². The number of benzene rings is 2. The number of amides is 1. The first kappa shape index (κ1) is 32.0. The molecule has 41 heavy (non-hydrogen) atoms. The third-order valence-corrected chi connectivity index (χ3v) is 8.08. The lowest BCUT2D eigenvalue weighted by Crippen LogP contribution is -2.50. The smallest absolute Gasteiger partial charge is 0.349 e. The predicted octanol–water partition coefficient (Wildman–Crippen LogP) is 6.50. The van der Waals surface area contributed by atoms with Crippen LogP contribution in [-0.4, -0.2) is 43.5 Å². The Morgan fingerprint density at radius 3 is 2.00 bits per heavy atom. The topological polar surface area (TPSA) is 76.1 Å². The number of carbonyl (C=O) groups excluding carboxylic acids is 1. The van der Waals surface area contributed by atoms with Crippen LogP contribution in [-0.2, 0) is 21.9 Å². The molecule has 1 amide bonds. The molecule has 1 heterocycles. The van der Waals surface area contributed by atoms with Gasteiger partial charge in [0.05, 0.1) is 16.2 Å². The maximum absolute atomic E-state index is 14.3. The van der Waals surface area contributed by atoms with Crippen molar-refractivity contribution in [1.29, 1.82) is 0 Å². The van der Waals surface area contributed by atoms with Crippen molar-refractivity contribution in [3.63, 3.8) is 0 Å². The number of hydrogen-bond acceptors (Lipinski definition) is 4. The van der Waals surface area contributed by atoms with Gasteiger partial charge in [0.25, 0.3) is 5.91 Å². The number of aryl methyl sites for hydroxylation is 1. The Bertz CT molecular complexity index is 1400. The van der Waals surface area contributed by atoms with E-state index in [2.05, 4.69) is 10.3 Å². The van der Waals surface area contributed by atoms with Gasteiger partial charge in [0.1, 0.15) is 5.82 Å². The maximum atomic E-state index is 14.3. The summed E-state index contributed by atoms with van der Waals surface area (Å²) in [5, 5.41) is 2.71. The third-order valence-electron chi connectivity index (χ3n) is 6.32. The zero-order chi connectivity index (χ0) is 30.5. The number of nitrogens with zero attached hydrogens (tertiary/aromatic N) is 1. The zero-order valence-corrected chi connectivity index (χ0v) is 22.0. The van der Waals surface area contributed by atoms with E-state index in [1.807, 2.05) is 0 Å². The van der Waals surface area contributed by atoms with Crippen molar-refractivity contribution >= 4 is 15.7 Å². The van der Waals surface area contributed by atoms with Crippen LogP contribution in [0.4, 0.5) is 35.1 Å². The molecular weight excluding hydrogens is 584 g/mol. The molecular formula is C27H24F8N2O3S. The van der Waals surface area contributed by atoms with E-state index >= 15 is 0 Å². The lowest BCUT2D eigenvalue weighted by molar-refractivity contribution is -0.348. The molecule has 1 N–H and O–H groups in total. The second kappa shape index (κ2) is 12.5. The van der Waals surface area contributed by atoms with Crippen LogP contribution in [0.2, 0.25) is 0 Å². The lowest BCUT2D eigenvalue weighted by Gasteiger charge is -2.30. The molecule has 1 atom stereocenters. The number of hydrogen-bond donors (Lipinski definition) is 1. The Hall–Kier alpha value is -3.55. The lowest BCUT2D eigenvalue weighted by atomic mass is 9.92. The van der Waals surface area contributed by atoms with Crippen LogP contribution >= 0.6 is 0 Å². The number of halogens is 8. The molecule has 1 unspecified atom stereocenters. The fourth-order valence-corrected chi connectivity index (χ4v) is 5.43. The highest BCUT2D eigenvalue weighted by Crippen LogP contribution is 2.53. The molecule has 0 radical (unpaired) electrons. The molecule has 0 aliphatic rings. The van der Waals surface area contributed by atoms with Crippen LogP contribution in [0.25, 0.3) is 0 Å². The Kier molecular flexibility index (Phi) is 9.77. The molecule has 2 aromatic carbocycles. The van der Waals surface area contributed by atoms with Gasteiger partial charge in [0, 0.05) is 24.0 Å². The molecule has 14 heteroatoms. The van der Waals surface area contributed by atoms with Crippen LogP contribution < -0.4 is 5.32 Å². The van der Waals surface area contributed by atoms with E-state index in [0.29, 0.717) is 17.7 Å². The Morgan fingerprint density at radius 2 is 1.46 bits per heavy atom. The molecule has 3 aromatic rings. The molecule has 0 spiro atoms. The highest BCUT2D eigenvalue weighted by atomic mass is 32.2. The highest BCUT2D eigenvalue weighted by Gasteiger charge is 2.73.